The Bertz CT molecular complexity index is 261. The van der Waals surface area contributed by atoms with Gasteiger partial charge < -0.3 is 0 Å². The summed E-state index contributed by atoms with van der Waals surface area (Å²) in [7, 11) is -3.42. The van der Waals surface area contributed by atoms with Gasteiger partial charge in [-0.1, -0.05) is 47.3 Å². The molecule has 0 fully saturated rings. The zero-order chi connectivity index (χ0) is 16.3. The van der Waals surface area contributed by atoms with Crippen molar-refractivity contribution in [1.82, 2.24) is 9.01 Å². The van der Waals surface area contributed by atoms with E-state index in [0.717, 1.165) is 13.1 Å². The summed E-state index contributed by atoms with van der Waals surface area (Å²) in [6.07, 6.45) is 0. The molecule has 0 N–H and O–H groups in total. The molecule has 1 unspecified atom stereocenters. The summed E-state index contributed by atoms with van der Waals surface area (Å²) < 4.78 is 19.7. The van der Waals surface area contributed by atoms with Gasteiger partial charge in [0.05, 0.1) is 0 Å². The Morgan fingerprint density at radius 2 is 1.30 bits per heavy atom. The van der Waals surface area contributed by atoms with Gasteiger partial charge in [-0.25, -0.2) is 4.67 Å². The lowest BCUT2D eigenvalue weighted by Crippen LogP contribution is -2.54. The van der Waals surface area contributed by atoms with E-state index < -0.39 is 16.8 Å². The smallest absolute Gasteiger partial charge is 0.230 e. The van der Waals surface area contributed by atoms with Gasteiger partial charge in [-0.2, -0.15) is 4.20 Å². The average molecular weight is 323 g/mol. The van der Waals surface area contributed by atoms with Crippen LogP contribution in [0.1, 0.15) is 48.5 Å². The molecule has 0 aromatic rings. The molecule has 0 bridgehead atoms. The molecule has 20 heavy (non-hydrogen) atoms. The van der Waals surface area contributed by atoms with Crippen LogP contribution < -0.4 is 0 Å². The van der Waals surface area contributed by atoms with Gasteiger partial charge in [0, 0.05) is 18.6 Å². The second kappa shape index (κ2) is 7.67. The highest BCUT2D eigenvalue weighted by Crippen LogP contribution is 2.53. The minimum atomic E-state index is -1.72. The lowest BCUT2D eigenvalue weighted by molar-refractivity contribution is 0.289. The molecule has 0 heterocycles. The van der Waals surface area contributed by atoms with Crippen LogP contribution in [0.25, 0.3) is 0 Å². The third-order valence-corrected chi connectivity index (χ3v) is 8.78. The van der Waals surface area contributed by atoms with E-state index >= 15 is 4.20 Å². The van der Waals surface area contributed by atoms with Crippen molar-refractivity contribution < 1.29 is 4.20 Å². The Balaban J connectivity index is 5.30. The van der Waals surface area contributed by atoms with Crippen molar-refractivity contribution in [3.63, 3.8) is 0 Å². The maximum atomic E-state index is 15.4. The van der Waals surface area contributed by atoms with E-state index in [1.54, 1.807) is 0 Å². The highest BCUT2D eigenvalue weighted by Gasteiger charge is 2.42. The van der Waals surface area contributed by atoms with Crippen molar-refractivity contribution in [2.24, 2.45) is 11.8 Å². The Hall–Kier alpha value is 0.497. The third kappa shape index (κ3) is 6.97. The second-order valence-corrected chi connectivity index (χ2v) is 15.2. The lowest BCUT2D eigenvalue weighted by Gasteiger charge is -2.48. The number of hydrogen-bond acceptors (Lipinski definition) is 2. The highest BCUT2D eigenvalue weighted by atomic mass is 31.2. The molecule has 1 atom stereocenters. The maximum Gasteiger partial charge on any atom is 0.230 e. The van der Waals surface area contributed by atoms with E-state index in [0.29, 0.717) is 11.8 Å². The summed E-state index contributed by atoms with van der Waals surface area (Å²) in [5.41, 5.74) is -0.114. The fourth-order valence-corrected chi connectivity index (χ4v) is 8.72. The van der Waals surface area contributed by atoms with Gasteiger partial charge in [0.15, 0.2) is 0 Å². The molecule has 0 aliphatic carbocycles. The van der Waals surface area contributed by atoms with Crippen LogP contribution in [0.15, 0.2) is 0 Å². The highest BCUT2D eigenvalue weighted by molar-refractivity contribution is 7.49. The Kier molecular flexibility index (Phi) is 7.86. The van der Waals surface area contributed by atoms with Gasteiger partial charge in [-0.3, -0.25) is 4.34 Å². The quantitative estimate of drug-likeness (QED) is 0.436. The largest absolute Gasteiger partial charge is 0.261 e. The molecule has 122 valence electrons. The standard InChI is InChI=1S/C15H36FN2PSi/c1-13(2)11-17(12-14(3)4)19(16)18(15(5,6)7)20(8,9)10/h13-14H,11-12H2,1-10H3. The molecular formula is C15H36FN2PSi. The molecule has 0 saturated heterocycles. The summed E-state index contributed by atoms with van der Waals surface area (Å²) in [4.78, 5) is 0. The normalized spacial score (nSPS) is 15.8. The van der Waals surface area contributed by atoms with Crippen LogP contribution >= 0.6 is 8.53 Å². The molecule has 0 amide bonds. The van der Waals surface area contributed by atoms with E-state index in [1.807, 2.05) is 0 Å². The fourth-order valence-electron chi connectivity index (χ4n) is 2.68. The molecule has 0 aromatic carbocycles. The van der Waals surface area contributed by atoms with Crippen LogP contribution in [0.3, 0.4) is 0 Å². The van der Waals surface area contributed by atoms with Crippen LogP contribution in [0.4, 0.5) is 4.20 Å². The zero-order valence-electron chi connectivity index (χ0n) is 15.3. The molecule has 0 spiro atoms. The van der Waals surface area contributed by atoms with E-state index in [-0.39, 0.29) is 5.54 Å². The summed E-state index contributed by atoms with van der Waals surface area (Å²) in [6.45, 7) is 23.5. The van der Waals surface area contributed by atoms with Gasteiger partial charge in [-0.05, 0) is 32.6 Å². The molecule has 5 heteroatoms. The van der Waals surface area contributed by atoms with Crippen LogP contribution in [0.5, 0.6) is 0 Å². The Morgan fingerprint density at radius 1 is 0.950 bits per heavy atom. The molecule has 0 aliphatic rings. The summed E-state index contributed by atoms with van der Waals surface area (Å²) in [6, 6.07) is 0. The first kappa shape index (κ1) is 20.5. The van der Waals surface area contributed by atoms with Crippen LogP contribution in [-0.2, 0) is 0 Å². The minimum absolute atomic E-state index is 0.114. The first-order valence-electron chi connectivity index (χ1n) is 7.77. The maximum absolute atomic E-state index is 15.4. The van der Waals surface area contributed by atoms with E-state index in [2.05, 4.69) is 77.1 Å². The average Bonchev–Trinajstić information content (AvgIpc) is 2.09. The van der Waals surface area contributed by atoms with Crippen LogP contribution in [-0.4, -0.2) is 35.9 Å². The zero-order valence-corrected chi connectivity index (χ0v) is 17.2. The SMILES string of the molecule is CC(C)CN(CC(C)C)P(F)N(C(C)(C)C)[Si](C)(C)C. The lowest BCUT2D eigenvalue weighted by atomic mass is 10.1. The van der Waals surface area contributed by atoms with Crippen molar-refractivity contribution in [3.8, 4) is 0 Å². The number of nitrogens with zero attached hydrogens (tertiary/aromatic N) is 2. The van der Waals surface area contributed by atoms with E-state index in [9.17, 15) is 0 Å². The van der Waals surface area contributed by atoms with Gasteiger partial charge in [-0.15, -0.1) is 0 Å². The summed E-state index contributed by atoms with van der Waals surface area (Å²) >= 11 is 0. The minimum Gasteiger partial charge on any atom is -0.261 e. The van der Waals surface area contributed by atoms with Crippen molar-refractivity contribution in [1.29, 1.82) is 0 Å². The van der Waals surface area contributed by atoms with Gasteiger partial charge in [0.25, 0.3) is 0 Å². The monoisotopic (exact) mass is 322 g/mol. The van der Waals surface area contributed by atoms with Crippen molar-refractivity contribution >= 4 is 16.8 Å². The number of rotatable bonds is 7. The molecule has 0 saturated carbocycles. The molecule has 0 radical (unpaired) electrons. The van der Waals surface area contributed by atoms with Crippen LogP contribution in [0, 0.1) is 11.8 Å². The predicted molar refractivity (Wildman–Crippen MR) is 94.2 cm³/mol. The second-order valence-electron chi connectivity index (χ2n) is 8.55. The number of hydrogen-bond donors (Lipinski definition) is 0. The molecule has 0 rings (SSSR count). The Morgan fingerprint density at radius 3 is 1.50 bits per heavy atom. The van der Waals surface area contributed by atoms with Gasteiger partial charge in [0.1, 0.15) is 8.24 Å². The topological polar surface area (TPSA) is 6.48 Å². The van der Waals surface area contributed by atoms with E-state index in [4.69, 9.17) is 0 Å². The Labute approximate surface area is 129 Å². The third-order valence-electron chi connectivity index (χ3n) is 2.82. The van der Waals surface area contributed by atoms with Gasteiger partial charge >= 0.3 is 0 Å². The first-order valence-corrected chi connectivity index (χ1v) is 12.4. The molecule has 2 nitrogen and oxygen atoms in total. The molecule has 0 aliphatic heterocycles. The molecule has 0 aromatic heterocycles. The predicted octanol–water partition coefficient (Wildman–Crippen LogP) is 5.73. The van der Waals surface area contributed by atoms with Crippen molar-refractivity contribution in [3.05, 3.63) is 0 Å². The van der Waals surface area contributed by atoms with Crippen molar-refractivity contribution in [2.75, 3.05) is 13.1 Å². The number of halogens is 1. The fraction of sp³-hybridized carbons (Fsp3) is 1.00. The van der Waals surface area contributed by atoms with Crippen LogP contribution in [0.2, 0.25) is 19.6 Å². The first-order chi connectivity index (χ1) is 8.76. The summed E-state index contributed by atoms with van der Waals surface area (Å²) in [5.74, 6) is 0.996. The van der Waals surface area contributed by atoms with Crippen molar-refractivity contribution in [2.45, 2.75) is 73.6 Å². The molecular weight excluding hydrogens is 286 g/mol. The van der Waals surface area contributed by atoms with E-state index in [1.165, 1.54) is 0 Å². The summed E-state index contributed by atoms with van der Waals surface area (Å²) in [5, 5.41) is 0. The van der Waals surface area contributed by atoms with Gasteiger partial charge in [0.2, 0.25) is 8.53 Å².